The van der Waals surface area contributed by atoms with Gasteiger partial charge in [-0.05, 0) is 24.8 Å². The molecule has 1 N–H and O–H groups in total. The molecule has 1 aromatic carbocycles. The fourth-order valence-corrected chi connectivity index (χ4v) is 2.44. The Morgan fingerprint density at radius 1 is 1.20 bits per heavy atom. The van der Waals surface area contributed by atoms with E-state index in [-0.39, 0.29) is 0 Å². The summed E-state index contributed by atoms with van der Waals surface area (Å²) >= 11 is 0. The number of aromatic nitrogens is 2. The van der Waals surface area contributed by atoms with Crippen molar-refractivity contribution >= 4 is 0 Å². The van der Waals surface area contributed by atoms with E-state index in [2.05, 4.69) is 61.5 Å². The Morgan fingerprint density at radius 2 is 1.90 bits per heavy atom. The maximum absolute atomic E-state index is 4.30. The van der Waals surface area contributed by atoms with Gasteiger partial charge in [0.15, 0.2) is 0 Å². The Labute approximate surface area is 122 Å². The minimum Gasteiger partial charge on any atom is -0.306 e. The summed E-state index contributed by atoms with van der Waals surface area (Å²) in [6.45, 7) is 7.52. The van der Waals surface area contributed by atoms with Crippen LogP contribution in [0.25, 0.3) is 0 Å². The lowest BCUT2D eigenvalue weighted by molar-refractivity contribution is 0.428. The molecule has 1 aromatic heterocycles. The maximum Gasteiger partial charge on any atom is 0.0537 e. The van der Waals surface area contributed by atoms with Crippen molar-refractivity contribution in [3.8, 4) is 0 Å². The van der Waals surface area contributed by atoms with Crippen LogP contribution in [0.1, 0.15) is 43.1 Å². The summed E-state index contributed by atoms with van der Waals surface area (Å²) in [4.78, 5) is 0. The monoisotopic (exact) mass is 271 g/mol. The fourth-order valence-electron chi connectivity index (χ4n) is 2.44. The number of hydrogen-bond donors (Lipinski definition) is 1. The van der Waals surface area contributed by atoms with Gasteiger partial charge in [-0.25, -0.2) is 0 Å². The van der Waals surface area contributed by atoms with Gasteiger partial charge in [0.25, 0.3) is 0 Å². The molecule has 1 unspecified atom stereocenters. The summed E-state index contributed by atoms with van der Waals surface area (Å²) in [7, 11) is 1.99. The highest BCUT2D eigenvalue weighted by atomic mass is 15.3. The molecule has 0 fully saturated rings. The van der Waals surface area contributed by atoms with E-state index < -0.39 is 0 Å². The third kappa shape index (κ3) is 3.70. The summed E-state index contributed by atoms with van der Waals surface area (Å²) in [6, 6.07) is 11.1. The molecule has 0 spiro atoms. The zero-order chi connectivity index (χ0) is 14.5. The van der Waals surface area contributed by atoms with Crippen molar-refractivity contribution < 1.29 is 0 Å². The molecule has 3 nitrogen and oxygen atoms in total. The van der Waals surface area contributed by atoms with Gasteiger partial charge in [-0.3, -0.25) is 4.68 Å². The molecule has 0 amide bonds. The first-order chi connectivity index (χ1) is 9.58. The second kappa shape index (κ2) is 6.71. The van der Waals surface area contributed by atoms with Crippen LogP contribution in [-0.4, -0.2) is 9.78 Å². The zero-order valence-electron chi connectivity index (χ0n) is 12.9. The molecule has 1 heterocycles. The van der Waals surface area contributed by atoms with Crippen molar-refractivity contribution in [2.75, 3.05) is 0 Å². The van der Waals surface area contributed by atoms with Crippen LogP contribution >= 0.6 is 0 Å². The lowest BCUT2D eigenvalue weighted by atomic mass is 9.97. The summed E-state index contributed by atoms with van der Waals surface area (Å²) in [5.74, 6) is 0.669. The van der Waals surface area contributed by atoms with Crippen LogP contribution in [0.2, 0.25) is 0 Å². The third-order valence-corrected chi connectivity index (χ3v) is 3.78. The van der Waals surface area contributed by atoms with Crippen LogP contribution in [0.3, 0.4) is 0 Å². The number of aryl methyl sites for hydroxylation is 1. The normalized spacial score (nSPS) is 12.8. The van der Waals surface area contributed by atoms with Crippen LogP contribution in [0.5, 0.6) is 0 Å². The van der Waals surface area contributed by atoms with Gasteiger partial charge in [-0.2, -0.15) is 5.10 Å². The van der Waals surface area contributed by atoms with Gasteiger partial charge in [0.2, 0.25) is 0 Å². The Balaban J connectivity index is 2.07. The van der Waals surface area contributed by atoms with Gasteiger partial charge in [-0.15, -0.1) is 0 Å². The Hall–Kier alpha value is -1.61. The quantitative estimate of drug-likeness (QED) is 0.870. The molecule has 2 aromatic rings. The highest BCUT2D eigenvalue weighted by Gasteiger charge is 2.13. The third-order valence-electron chi connectivity index (χ3n) is 3.78. The number of rotatable bonds is 6. The largest absolute Gasteiger partial charge is 0.306 e. The fraction of sp³-hybridized carbons (Fsp3) is 0.471. The van der Waals surface area contributed by atoms with Gasteiger partial charge in [-0.1, -0.05) is 44.2 Å². The molecule has 0 aliphatic carbocycles. The van der Waals surface area contributed by atoms with Crippen LogP contribution < -0.4 is 5.32 Å². The van der Waals surface area contributed by atoms with Gasteiger partial charge in [0.1, 0.15) is 0 Å². The van der Waals surface area contributed by atoms with Crippen LogP contribution in [0.15, 0.2) is 36.5 Å². The molecule has 0 saturated carbocycles. The molecule has 0 aliphatic rings. The van der Waals surface area contributed by atoms with Crippen molar-refractivity contribution in [2.24, 2.45) is 13.0 Å². The molecule has 108 valence electrons. The Bertz CT molecular complexity index is 528. The van der Waals surface area contributed by atoms with Crippen molar-refractivity contribution in [3.05, 3.63) is 53.3 Å². The predicted molar refractivity (Wildman–Crippen MR) is 83.4 cm³/mol. The van der Waals surface area contributed by atoms with E-state index in [0.717, 1.165) is 13.0 Å². The van der Waals surface area contributed by atoms with Crippen molar-refractivity contribution in [1.82, 2.24) is 15.1 Å². The average Bonchev–Trinajstić information content (AvgIpc) is 2.75. The minimum absolute atomic E-state index is 0.399. The summed E-state index contributed by atoms with van der Waals surface area (Å²) in [5.41, 5.74) is 3.87. The second-order valence-corrected chi connectivity index (χ2v) is 5.85. The van der Waals surface area contributed by atoms with Crippen LogP contribution in [-0.2, 0) is 13.6 Å². The van der Waals surface area contributed by atoms with Crippen molar-refractivity contribution in [2.45, 2.75) is 39.8 Å². The van der Waals surface area contributed by atoms with Crippen LogP contribution in [0.4, 0.5) is 0 Å². The molecule has 20 heavy (non-hydrogen) atoms. The highest BCUT2D eigenvalue weighted by Crippen LogP contribution is 2.21. The van der Waals surface area contributed by atoms with Crippen molar-refractivity contribution in [1.29, 1.82) is 0 Å². The average molecular weight is 271 g/mol. The summed E-state index contributed by atoms with van der Waals surface area (Å²) in [5, 5.41) is 7.99. The van der Waals surface area contributed by atoms with E-state index in [1.165, 1.54) is 16.8 Å². The van der Waals surface area contributed by atoms with E-state index in [1.807, 2.05) is 17.9 Å². The molecule has 0 aliphatic heterocycles. The number of benzene rings is 1. The zero-order valence-corrected chi connectivity index (χ0v) is 12.9. The van der Waals surface area contributed by atoms with Gasteiger partial charge in [0, 0.05) is 30.9 Å². The van der Waals surface area contributed by atoms with E-state index in [9.17, 15) is 0 Å². The predicted octanol–water partition coefficient (Wildman–Crippen LogP) is 3.61. The first-order valence-electron chi connectivity index (χ1n) is 7.33. The van der Waals surface area contributed by atoms with E-state index >= 15 is 0 Å². The molecule has 1 atom stereocenters. The van der Waals surface area contributed by atoms with Crippen molar-refractivity contribution in [3.63, 3.8) is 0 Å². The standard InChI is InChI=1S/C17H25N3/c1-13(2)10-17(15-8-6-5-7-9-15)18-11-16-12-19-20(4)14(16)3/h5-9,12-13,17-18H,10-11H2,1-4H3. The minimum atomic E-state index is 0.399. The Kier molecular flexibility index (Phi) is 4.96. The molecule has 0 bridgehead atoms. The lowest BCUT2D eigenvalue weighted by Gasteiger charge is -2.21. The molecular weight excluding hydrogens is 246 g/mol. The molecule has 0 saturated heterocycles. The van der Waals surface area contributed by atoms with Gasteiger partial charge < -0.3 is 5.32 Å². The number of hydrogen-bond acceptors (Lipinski definition) is 2. The first-order valence-corrected chi connectivity index (χ1v) is 7.33. The van der Waals surface area contributed by atoms with E-state index in [4.69, 9.17) is 0 Å². The van der Waals surface area contributed by atoms with E-state index in [0.29, 0.717) is 12.0 Å². The maximum atomic E-state index is 4.30. The lowest BCUT2D eigenvalue weighted by Crippen LogP contribution is -2.22. The van der Waals surface area contributed by atoms with E-state index in [1.54, 1.807) is 0 Å². The molecule has 0 radical (unpaired) electrons. The number of nitrogens with one attached hydrogen (secondary N) is 1. The van der Waals surface area contributed by atoms with Gasteiger partial charge >= 0.3 is 0 Å². The topological polar surface area (TPSA) is 29.9 Å². The first kappa shape index (κ1) is 14.8. The molecular formula is C17H25N3. The van der Waals surface area contributed by atoms with Gasteiger partial charge in [0.05, 0.1) is 6.20 Å². The van der Waals surface area contributed by atoms with Crippen LogP contribution in [0, 0.1) is 12.8 Å². The summed E-state index contributed by atoms with van der Waals surface area (Å²) < 4.78 is 1.93. The second-order valence-electron chi connectivity index (χ2n) is 5.85. The summed E-state index contributed by atoms with van der Waals surface area (Å²) in [6.07, 6.45) is 3.10. The SMILES string of the molecule is Cc1c(CNC(CC(C)C)c2ccccc2)cnn1C. The molecule has 2 rings (SSSR count). The number of nitrogens with zero attached hydrogens (tertiary/aromatic N) is 2. The smallest absolute Gasteiger partial charge is 0.0537 e. The Morgan fingerprint density at radius 3 is 2.45 bits per heavy atom. The molecule has 3 heteroatoms. The highest BCUT2D eigenvalue weighted by molar-refractivity contribution is 5.20.